The normalized spacial score (nSPS) is 9.56. The SMILES string of the molecule is CCc1cc(I)ccn1. The Balaban J connectivity index is 2.94. The molecule has 0 atom stereocenters. The van der Waals surface area contributed by atoms with Crippen molar-refractivity contribution >= 4 is 22.6 Å². The lowest BCUT2D eigenvalue weighted by Crippen LogP contribution is -1.84. The zero-order chi connectivity index (χ0) is 6.69. The third-order valence-electron chi connectivity index (χ3n) is 1.14. The van der Waals surface area contributed by atoms with Gasteiger partial charge in [-0.2, -0.15) is 0 Å². The first-order valence-electron chi connectivity index (χ1n) is 2.93. The molecule has 9 heavy (non-hydrogen) atoms. The molecule has 1 nitrogen and oxygen atoms in total. The van der Waals surface area contributed by atoms with Crippen molar-refractivity contribution in [2.45, 2.75) is 13.3 Å². The molecule has 0 saturated heterocycles. The molecule has 0 spiro atoms. The molecule has 0 aliphatic rings. The summed E-state index contributed by atoms with van der Waals surface area (Å²) in [4.78, 5) is 4.15. The lowest BCUT2D eigenvalue weighted by molar-refractivity contribution is 1.03. The fourth-order valence-electron chi connectivity index (χ4n) is 0.642. The van der Waals surface area contributed by atoms with E-state index in [1.54, 1.807) is 0 Å². The third kappa shape index (κ3) is 1.93. The van der Waals surface area contributed by atoms with Gasteiger partial charge in [0.25, 0.3) is 0 Å². The van der Waals surface area contributed by atoms with Crippen molar-refractivity contribution in [2.24, 2.45) is 0 Å². The van der Waals surface area contributed by atoms with E-state index in [4.69, 9.17) is 0 Å². The molecule has 1 aromatic heterocycles. The third-order valence-corrected chi connectivity index (χ3v) is 1.81. The number of aryl methyl sites for hydroxylation is 1. The molecule has 1 rings (SSSR count). The molecule has 0 saturated carbocycles. The highest BCUT2D eigenvalue weighted by molar-refractivity contribution is 14.1. The van der Waals surface area contributed by atoms with E-state index in [1.807, 2.05) is 12.3 Å². The highest BCUT2D eigenvalue weighted by atomic mass is 127. The van der Waals surface area contributed by atoms with E-state index in [-0.39, 0.29) is 0 Å². The first-order valence-corrected chi connectivity index (χ1v) is 4.01. The van der Waals surface area contributed by atoms with Gasteiger partial charge in [0.05, 0.1) is 0 Å². The van der Waals surface area contributed by atoms with Crippen molar-refractivity contribution in [3.05, 3.63) is 27.6 Å². The summed E-state index contributed by atoms with van der Waals surface area (Å²) in [5, 5.41) is 0. The van der Waals surface area contributed by atoms with E-state index in [2.05, 4.69) is 40.6 Å². The Bertz CT molecular complexity index is 198. The van der Waals surface area contributed by atoms with Crippen LogP contribution in [0.5, 0.6) is 0 Å². The summed E-state index contributed by atoms with van der Waals surface area (Å²) in [5.74, 6) is 0. The monoisotopic (exact) mass is 233 g/mol. The first kappa shape index (κ1) is 6.99. The van der Waals surface area contributed by atoms with Gasteiger partial charge in [0.15, 0.2) is 0 Å². The van der Waals surface area contributed by atoms with Crippen LogP contribution >= 0.6 is 22.6 Å². The molecule has 2 heteroatoms. The minimum absolute atomic E-state index is 1.02. The minimum atomic E-state index is 1.02. The van der Waals surface area contributed by atoms with Crippen molar-refractivity contribution < 1.29 is 0 Å². The zero-order valence-electron chi connectivity index (χ0n) is 5.26. The van der Waals surface area contributed by atoms with Crippen LogP contribution < -0.4 is 0 Å². The van der Waals surface area contributed by atoms with Gasteiger partial charge in [-0.05, 0) is 41.1 Å². The average molecular weight is 233 g/mol. The minimum Gasteiger partial charge on any atom is -0.261 e. The van der Waals surface area contributed by atoms with Crippen LogP contribution in [0.25, 0.3) is 0 Å². The second-order valence-corrected chi connectivity index (χ2v) is 3.06. The van der Waals surface area contributed by atoms with Gasteiger partial charge in [-0.3, -0.25) is 4.98 Å². The van der Waals surface area contributed by atoms with Crippen LogP contribution in [0, 0.1) is 3.57 Å². The molecule has 0 radical (unpaired) electrons. The smallest absolute Gasteiger partial charge is 0.0411 e. The largest absolute Gasteiger partial charge is 0.261 e. The molecule has 0 amide bonds. The van der Waals surface area contributed by atoms with Crippen LogP contribution in [0.2, 0.25) is 0 Å². The summed E-state index contributed by atoms with van der Waals surface area (Å²) in [6.45, 7) is 2.11. The fourth-order valence-corrected chi connectivity index (χ4v) is 1.16. The van der Waals surface area contributed by atoms with Gasteiger partial charge >= 0.3 is 0 Å². The Labute approximate surface area is 68.6 Å². The average Bonchev–Trinajstić information content (AvgIpc) is 1.88. The molecule has 0 N–H and O–H groups in total. The Kier molecular flexibility index (Phi) is 2.45. The summed E-state index contributed by atoms with van der Waals surface area (Å²) in [7, 11) is 0. The fraction of sp³-hybridized carbons (Fsp3) is 0.286. The van der Waals surface area contributed by atoms with Crippen molar-refractivity contribution in [3.8, 4) is 0 Å². The van der Waals surface area contributed by atoms with Gasteiger partial charge in [0.1, 0.15) is 0 Å². The predicted octanol–water partition coefficient (Wildman–Crippen LogP) is 2.25. The van der Waals surface area contributed by atoms with Gasteiger partial charge < -0.3 is 0 Å². The number of rotatable bonds is 1. The maximum Gasteiger partial charge on any atom is 0.0411 e. The second-order valence-electron chi connectivity index (χ2n) is 1.82. The van der Waals surface area contributed by atoms with Crippen molar-refractivity contribution in [3.63, 3.8) is 0 Å². The zero-order valence-corrected chi connectivity index (χ0v) is 7.42. The molecule has 1 aromatic rings. The van der Waals surface area contributed by atoms with Gasteiger partial charge in [-0.1, -0.05) is 6.92 Å². The molecule has 0 unspecified atom stereocenters. The van der Waals surface area contributed by atoms with Crippen LogP contribution in [-0.4, -0.2) is 4.98 Å². The number of halogens is 1. The van der Waals surface area contributed by atoms with Crippen LogP contribution in [0.1, 0.15) is 12.6 Å². The maximum atomic E-state index is 4.15. The highest BCUT2D eigenvalue weighted by Crippen LogP contribution is 2.04. The highest BCUT2D eigenvalue weighted by Gasteiger charge is 1.88. The van der Waals surface area contributed by atoms with E-state index in [0.717, 1.165) is 6.42 Å². The topological polar surface area (TPSA) is 12.9 Å². The second kappa shape index (κ2) is 3.15. The standard InChI is InChI=1S/C7H8IN/c1-2-7-5-6(8)3-4-9-7/h3-5H,2H2,1H3. The summed E-state index contributed by atoms with van der Waals surface area (Å²) in [6, 6.07) is 4.10. The van der Waals surface area contributed by atoms with Crippen molar-refractivity contribution in [1.29, 1.82) is 0 Å². The summed E-state index contributed by atoms with van der Waals surface area (Å²) in [6.07, 6.45) is 2.87. The van der Waals surface area contributed by atoms with Gasteiger partial charge in [0.2, 0.25) is 0 Å². The molecule has 0 aliphatic heterocycles. The van der Waals surface area contributed by atoms with Crippen molar-refractivity contribution in [2.75, 3.05) is 0 Å². The number of pyridine rings is 1. The molecule has 0 aliphatic carbocycles. The first-order chi connectivity index (χ1) is 4.33. The molecular weight excluding hydrogens is 225 g/mol. The van der Waals surface area contributed by atoms with E-state index >= 15 is 0 Å². The van der Waals surface area contributed by atoms with Gasteiger partial charge in [-0.25, -0.2) is 0 Å². The Morgan fingerprint density at radius 2 is 2.44 bits per heavy atom. The van der Waals surface area contributed by atoms with E-state index < -0.39 is 0 Å². The maximum absolute atomic E-state index is 4.15. The quantitative estimate of drug-likeness (QED) is 0.678. The predicted molar refractivity (Wildman–Crippen MR) is 46.3 cm³/mol. The lowest BCUT2D eigenvalue weighted by Gasteiger charge is -1.93. The van der Waals surface area contributed by atoms with Crippen LogP contribution in [0.3, 0.4) is 0 Å². The molecule has 0 fully saturated rings. The van der Waals surface area contributed by atoms with E-state index in [9.17, 15) is 0 Å². The molecule has 0 aromatic carbocycles. The number of hydrogen-bond acceptors (Lipinski definition) is 1. The van der Waals surface area contributed by atoms with Crippen LogP contribution in [0.4, 0.5) is 0 Å². The van der Waals surface area contributed by atoms with Gasteiger partial charge in [-0.15, -0.1) is 0 Å². The number of hydrogen-bond donors (Lipinski definition) is 0. The molecular formula is C7H8IN. The van der Waals surface area contributed by atoms with Crippen LogP contribution in [0.15, 0.2) is 18.3 Å². The lowest BCUT2D eigenvalue weighted by atomic mass is 10.3. The molecule has 0 bridgehead atoms. The Morgan fingerprint density at radius 1 is 1.67 bits per heavy atom. The van der Waals surface area contributed by atoms with E-state index in [0.29, 0.717) is 0 Å². The summed E-state index contributed by atoms with van der Waals surface area (Å²) in [5.41, 5.74) is 1.17. The summed E-state index contributed by atoms with van der Waals surface area (Å²) >= 11 is 2.29. The molecule has 48 valence electrons. The van der Waals surface area contributed by atoms with Gasteiger partial charge in [0, 0.05) is 15.5 Å². The van der Waals surface area contributed by atoms with Crippen LogP contribution in [-0.2, 0) is 6.42 Å². The number of nitrogens with zero attached hydrogens (tertiary/aromatic N) is 1. The molecule has 1 heterocycles. The van der Waals surface area contributed by atoms with E-state index in [1.165, 1.54) is 9.26 Å². The Morgan fingerprint density at radius 3 is 2.89 bits per heavy atom. The Hall–Kier alpha value is -0.120. The van der Waals surface area contributed by atoms with Crippen molar-refractivity contribution in [1.82, 2.24) is 4.98 Å². The summed E-state index contributed by atoms with van der Waals surface area (Å²) < 4.78 is 1.26. The number of aromatic nitrogens is 1.